The van der Waals surface area contributed by atoms with Crippen LogP contribution in [0.2, 0.25) is 0 Å². The first-order chi connectivity index (χ1) is 15.1. The van der Waals surface area contributed by atoms with Crippen molar-refractivity contribution in [1.29, 1.82) is 0 Å². The van der Waals surface area contributed by atoms with Gasteiger partial charge in [-0.2, -0.15) is 0 Å². The lowest BCUT2D eigenvalue weighted by molar-refractivity contribution is -0.116. The normalized spacial score (nSPS) is 10.3. The molecule has 0 unspecified atom stereocenters. The molecule has 1 heterocycles. The summed E-state index contributed by atoms with van der Waals surface area (Å²) in [5.41, 5.74) is 3.06. The number of aromatic nitrogens is 1. The third kappa shape index (κ3) is 6.30. The lowest BCUT2D eigenvalue weighted by Crippen LogP contribution is -2.23. The number of ether oxygens (including phenoxy) is 2. The van der Waals surface area contributed by atoms with E-state index >= 15 is 0 Å². The van der Waals surface area contributed by atoms with Crippen molar-refractivity contribution in [2.24, 2.45) is 0 Å². The van der Waals surface area contributed by atoms with Gasteiger partial charge in [-0.1, -0.05) is 18.2 Å². The summed E-state index contributed by atoms with van der Waals surface area (Å²) in [6.07, 6.45) is 4.04. The molecule has 3 rings (SSSR count). The number of amides is 2. The Morgan fingerprint density at radius 2 is 1.77 bits per heavy atom. The minimum absolute atomic E-state index is 0.0914. The number of benzene rings is 2. The Labute approximate surface area is 181 Å². The topological polar surface area (TPSA) is 89.6 Å². The van der Waals surface area contributed by atoms with Crippen molar-refractivity contribution in [2.45, 2.75) is 19.4 Å². The first-order valence-electron chi connectivity index (χ1n) is 9.87. The van der Waals surface area contributed by atoms with Gasteiger partial charge in [0.05, 0.1) is 19.8 Å². The van der Waals surface area contributed by atoms with Gasteiger partial charge in [0.2, 0.25) is 5.91 Å². The second-order valence-corrected chi connectivity index (χ2v) is 6.86. The molecule has 3 aromatic rings. The second kappa shape index (κ2) is 10.8. The molecular formula is C24H25N3O4. The van der Waals surface area contributed by atoms with Gasteiger partial charge in [-0.15, -0.1) is 0 Å². The average molecular weight is 419 g/mol. The molecule has 0 fully saturated rings. The van der Waals surface area contributed by atoms with Crippen molar-refractivity contribution in [1.82, 2.24) is 10.3 Å². The fourth-order valence-corrected chi connectivity index (χ4v) is 3.06. The average Bonchev–Trinajstić information content (AvgIpc) is 2.81. The van der Waals surface area contributed by atoms with Gasteiger partial charge < -0.3 is 20.1 Å². The molecule has 0 radical (unpaired) electrons. The number of rotatable bonds is 9. The van der Waals surface area contributed by atoms with E-state index in [0.717, 1.165) is 11.1 Å². The van der Waals surface area contributed by atoms with Crippen LogP contribution in [0.4, 0.5) is 5.69 Å². The van der Waals surface area contributed by atoms with Gasteiger partial charge in [-0.25, -0.2) is 0 Å². The summed E-state index contributed by atoms with van der Waals surface area (Å²) in [6.45, 7) is 0.350. The van der Waals surface area contributed by atoms with Gasteiger partial charge in [0.25, 0.3) is 5.91 Å². The van der Waals surface area contributed by atoms with Crippen LogP contribution >= 0.6 is 0 Å². The van der Waals surface area contributed by atoms with Crippen molar-refractivity contribution < 1.29 is 19.1 Å². The molecule has 1 aromatic heterocycles. The lowest BCUT2D eigenvalue weighted by Gasteiger charge is -2.10. The van der Waals surface area contributed by atoms with Gasteiger partial charge in [-0.3, -0.25) is 14.6 Å². The van der Waals surface area contributed by atoms with E-state index in [2.05, 4.69) is 15.6 Å². The Morgan fingerprint density at radius 1 is 0.935 bits per heavy atom. The van der Waals surface area contributed by atoms with E-state index in [1.807, 2.05) is 42.5 Å². The highest BCUT2D eigenvalue weighted by molar-refractivity contribution is 5.94. The van der Waals surface area contributed by atoms with Crippen LogP contribution in [0.5, 0.6) is 11.5 Å². The van der Waals surface area contributed by atoms with Crippen molar-refractivity contribution in [3.63, 3.8) is 0 Å². The lowest BCUT2D eigenvalue weighted by atomic mass is 10.1. The smallest absolute Gasteiger partial charge is 0.253 e. The molecule has 2 amide bonds. The zero-order chi connectivity index (χ0) is 22.1. The number of pyridine rings is 1. The molecule has 2 aromatic carbocycles. The fourth-order valence-electron chi connectivity index (χ4n) is 3.06. The monoisotopic (exact) mass is 419 g/mol. The number of carbonyl (C=O) groups excluding carboxylic acids is 2. The molecule has 0 aliphatic heterocycles. The van der Waals surface area contributed by atoms with Crippen LogP contribution in [0.1, 0.15) is 27.9 Å². The molecule has 0 aliphatic rings. The molecule has 7 heteroatoms. The van der Waals surface area contributed by atoms with Crippen LogP contribution in [0.15, 0.2) is 67.0 Å². The molecule has 31 heavy (non-hydrogen) atoms. The standard InChI is InChI=1S/C24H25N3O4/c1-30-21-10-8-17(14-22(21)31-2)9-11-23(28)27-20-7-3-5-18(13-20)15-26-24(29)19-6-4-12-25-16-19/h3-8,10,12-14,16H,9,11,15H2,1-2H3,(H,26,29)(H,27,28). The quantitative estimate of drug-likeness (QED) is 0.553. The highest BCUT2D eigenvalue weighted by Gasteiger charge is 2.09. The molecule has 160 valence electrons. The summed E-state index contributed by atoms with van der Waals surface area (Å²) < 4.78 is 10.5. The summed E-state index contributed by atoms with van der Waals surface area (Å²) in [5.74, 6) is 1.01. The zero-order valence-electron chi connectivity index (χ0n) is 17.6. The third-order valence-electron chi connectivity index (χ3n) is 4.68. The first-order valence-corrected chi connectivity index (χ1v) is 9.87. The second-order valence-electron chi connectivity index (χ2n) is 6.86. The van der Waals surface area contributed by atoms with Gasteiger partial charge in [0.15, 0.2) is 11.5 Å². The highest BCUT2D eigenvalue weighted by Crippen LogP contribution is 2.28. The molecule has 0 atom stereocenters. The molecule has 2 N–H and O–H groups in total. The number of anilines is 1. The summed E-state index contributed by atoms with van der Waals surface area (Å²) in [6, 6.07) is 16.4. The predicted molar refractivity (Wildman–Crippen MR) is 118 cm³/mol. The Bertz CT molecular complexity index is 1040. The van der Waals surface area contributed by atoms with Gasteiger partial charge in [-0.05, 0) is 53.9 Å². The van der Waals surface area contributed by atoms with Crippen LogP contribution in [0.25, 0.3) is 0 Å². The van der Waals surface area contributed by atoms with Crippen LogP contribution < -0.4 is 20.1 Å². The van der Waals surface area contributed by atoms with Crippen molar-refractivity contribution in [3.8, 4) is 11.5 Å². The molecule has 0 saturated carbocycles. The fraction of sp³-hybridized carbons (Fsp3) is 0.208. The van der Waals surface area contributed by atoms with E-state index in [0.29, 0.717) is 42.1 Å². The number of nitrogens with zero attached hydrogens (tertiary/aromatic N) is 1. The Hall–Kier alpha value is -3.87. The van der Waals surface area contributed by atoms with Crippen molar-refractivity contribution in [2.75, 3.05) is 19.5 Å². The SMILES string of the molecule is COc1ccc(CCC(=O)Nc2cccc(CNC(=O)c3cccnc3)c2)cc1OC. The number of methoxy groups -OCH3 is 2. The summed E-state index contributed by atoms with van der Waals surface area (Å²) in [4.78, 5) is 28.5. The van der Waals surface area contributed by atoms with Gasteiger partial charge >= 0.3 is 0 Å². The molecular weight excluding hydrogens is 394 g/mol. The largest absolute Gasteiger partial charge is 0.493 e. The number of carbonyl (C=O) groups is 2. The highest BCUT2D eigenvalue weighted by atomic mass is 16.5. The molecule has 0 aliphatic carbocycles. The number of aryl methyl sites for hydroxylation is 1. The van der Waals surface area contributed by atoms with E-state index in [-0.39, 0.29) is 11.8 Å². The van der Waals surface area contributed by atoms with E-state index in [9.17, 15) is 9.59 Å². The van der Waals surface area contributed by atoms with E-state index in [4.69, 9.17) is 9.47 Å². The molecule has 7 nitrogen and oxygen atoms in total. The van der Waals surface area contributed by atoms with E-state index in [1.54, 1.807) is 32.5 Å². The number of hydrogen-bond acceptors (Lipinski definition) is 5. The van der Waals surface area contributed by atoms with Crippen LogP contribution in [0.3, 0.4) is 0 Å². The molecule has 0 saturated heterocycles. The van der Waals surface area contributed by atoms with Crippen molar-refractivity contribution in [3.05, 3.63) is 83.7 Å². The molecule has 0 bridgehead atoms. The van der Waals surface area contributed by atoms with Crippen LogP contribution in [0, 0.1) is 0 Å². The number of hydrogen-bond donors (Lipinski definition) is 2. The zero-order valence-corrected chi connectivity index (χ0v) is 17.6. The minimum Gasteiger partial charge on any atom is -0.493 e. The summed E-state index contributed by atoms with van der Waals surface area (Å²) >= 11 is 0. The van der Waals surface area contributed by atoms with E-state index < -0.39 is 0 Å². The maximum absolute atomic E-state index is 12.4. The van der Waals surface area contributed by atoms with Crippen LogP contribution in [-0.4, -0.2) is 31.0 Å². The summed E-state index contributed by atoms with van der Waals surface area (Å²) in [7, 11) is 3.17. The van der Waals surface area contributed by atoms with Gasteiger partial charge in [0, 0.05) is 31.0 Å². The maximum Gasteiger partial charge on any atom is 0.253 e. The Kier molecular flexibility index (Phi) is 7.59. The van der Waals surface area contributed by atoms with Crippen LogP contribution in [-0.2, 0) is 17.8 Å². The first kappa shape index (κ1) is 21.8. The summed E-state index contributed by atoms with van der Waals surface area (Å²) in [5, 5.41) is 5.75. The Balaban J connectivity index is 1.52. The maximum atomic E-state index is 12.4. The Morgan fingerprint density at radius 3 is 2.52 bits per heavy atom. The molecule has 0 spiro atoms. The minimum atomic E-state index is -0.197. The van der Waals surface area contributed by atoms with Crippen molar-refractivity contribution >= 4 is 17.5 Å². The number of nitrogens with one attached hydrogen (secondary N) is 2. The predicted octanol–water partition coefficient (Wildman–Crippen LogP) is 3.60. The third-order valence-corrected chi connectivity index (χ3v) is 4.68. The van der Waals surface area contributed by atoms with E-state index in [1.165, 1.54) is 6.20 Å². The van der Waals surface area contributed by atoms with Gasteiger partial charge in [0.1, 0.15) is 0 Å².